The van der Waals surface area contributed by atoms with Crippen molar-refractivity contribution in [1.29, 1.82) is 0 Å². The molecule has 0 N–H and O–H groups in total. The van der Waals surface area contributed by atoms with Crippen LogP contribution in [0.3, 0.4) is 0 Å². The number of fused-ring (bicyclic) bond motifs is 6. The van der Waals surface area contributed by atoms with Gasteiger partial charge < -0.3 is 4.42 Å². The Morgan fingerprint density at radius 1 is 1.06 bits per heavy atom. The van der Waals surface area contributed by atoms with Crippen LogP contribution in [0.2, 0.25) is 0 Å². The number of aromatic nitrogens is 2. The summed E-state index contributed by atoms with van der Waals surface area (Å²) in [5, 5.41) is 1.32. The van der Waals surface area contributed by atoms with Crippen molar-refractivity contribution in [3.8, 4) is 11.3 Å². The van der Waals surface area contributed by atoms with Crippen molar-refractivity contribution in [2.75, 3.05) is 0 Å². The highest BCUT2D eigenvalue weighted by Crippen LogP contribution is 2.52. The molecule has 33 heavy (non-hydrogen) atoms. The largest absolute Gasteiger partial charge is 0.452 e. The highest BCUT2D eigenvalue weighted by molar-refractivity contribution is 8.01. The Labute approximate surface area is 200 Å². The Morgan fingerprint density at radius 3 is 2.97 bits per heavy atom. The molecule has 3 nitrogen and oxygen atoms in total. The lowest BCUT2D eigenvalue weighted by Gasteiger charge is -2.25. The summed E-state index contributed by atoms with van der Waals surface area (Å²) < 4.78 is 6.22. The quantitative estimate of drug-likeness (QED) is 0.357. The fourth-order valence-corrected chi connectivity index (χ4v) is 6.79. The van der Waals surface area contributed by atoms with E-state index in [1.165, 1.54) is 21.6 Å². The number of hydrogen-bond acceptors (Lipinski definition) is 4. The van der Waals surface area contributed by atoms with Crippen molar-refractivity contribution in [2.45, 2.75) is 27.9 Å². The number of rotatable bonds is 2. The summed E-state index contributed by atoms with van der Waals surface area (Å²) in [6.07, 6.45) is 13.2. The number of furan rings is 1. The second kappa shape index (κ2) is 7.47. The van der Waals surface area contributed by atoms with Crippen LogP contribution in [-0.4, -0.2) is 20.6 Å². The van der Waals surface area contributed by atoms with Crippen molar-refractivity contribution in [1.82, 2.24) is 9.97 Å². The highest BCUT2D eigenvalue weighted by Gasteiger charge is 2.34. The van der Waals surface area contributed by atoms with E-state index in [0.717, 1.165) is 39.4 Å². The van der Waals surface area contributed by atoms with Crippen molar-refractivity contribution < 1.29 is 4.42 Å². The van der Waals surface area contributed by atoms with Crippen molar-refractivity contribution in [3.63, 3.8) is 0 Å². The van der Waals surface area contributed by atoms with E-state index in [-0.39, 0.29) is 5.38 Å². The van der Waals surface area contributed by atoms with Gasteiger partial charge in [0.15, 0.2) is 5.58 Å². The van der Waals surface area contributed by atoms with Gasteiger partial charge in [-0.05, 0) is 41.3 Å². The third-order valence-electron chi connectivity index (χ3n) is 6.64. The lowest BCUT2D eigenvalue weighted by molar-refractivity contribution is 0.571. The molecule has 2 aliphatic carbocycles. The minimum absolute atomic E-state index is 0.0339. The molecule has 3 unspecified atom stereocenters. The van der Waals surface area contributed by atoms with Gasteiger partial charge in [-0.3, -0.25) is 0 Å². The first kappa shape index (κ1) is 19.4. The first-order valence-corrected chi connectivity index (χ1v) is 12.4. The van der Waals surface area contributed by atoms with Crippen molar-refractivity contribution in [3.05, 3.63) is 94.8 Å². The molecule has 2 aromatic heterocycles. The van der Waals surface area contributed by atoms with Gasteiger partial charge in [0.2, 0.25) is 0 Å². The molecule has 0 saturated carbocycles. The van der Waals surface area contributed by atoms with Crippen molar-refractivity contribution in [2.24, 2.45) is 0 Å². The maximum absolute atomic E-state index is 6.36. The molecule has 3 aliphatic rings. The van der Waals surface area contributed by atoms with Gasteiger partial charge in [0, 0.05) is 26.8 Å². The Bertz CT molecular complexity index is 1620. The second-order valence-electron chi connectivity index (χ2n) is 8.60. The standard InChI is InChI=1S/C28H19ClN2OS/c29-18-11-12-23-22(14-18)26-27(32-23)25(30-15-31-26)17-6-3-5-16(13-17)19-8-4-9-21-20-7-1-2-10-24(20)33-28(19)21/h1-10,12-15,18-19,28H,11H2. The molecule has 3 heterocycles. The molecule has 5 heteroatoms. The zero-order chi connectivity index (χ0) is 21.9. The summed E-state index contributed by atoms with van der Waals surface area (Å²) in [5.41, 5.74) is 8.30. The maximum Gasteiger partial charge on any atom is 0.180 e. The minimum atomic E-state index is -0.0339. The fraction of sp³-hybridized carbons (Fsp3) is 0.143. The van der Waals surface area contributed by atoms with Crippen LogP contribution in [0.15, 0.2) is 82.4 Å². The number of hydrogen-bond donors (Lipinski definition) is 0. The molecule has 0 bridgehead atoms. The van der Waals surface area contributed by atoms with Gasteiger partial charge in [0.05, 0.1) is 5.38 Å². The smallest absolute Gasteiger partial charge is 0.180 e. The fourth-order valence-electron chi connectivity index (χ4n) is 5.10. The van der Waals surface area contributed by atoms with Crippen LogP contribution in [0, 0.1) is 0 Å². The predicted molar refractivity (Wildman–Crippen MR) is 136 cm³/mol. The molecule has 1 aliphatic heterocycles. The summed E-state index contributed by atoms with van der Waals surface area (Å²) in [6.45, 7) is 0. The van der Waals surface area contributed by atoms with Gasteiger partial charge in [0.25, 0.3) is 0 Å². The molecular weight excluding hydrogens is 448 g/mol. The van der Waals surface area contributed by atoms with E-state index < -0.39 is 0 Å². The molecule has 0 amide bonds. The van der Waals surface area contributed by atoms with E-state index in [0.29, 0.717) is 11.2 Å². The van der Waals surface area contributed by atoms with Gasteiger partial charge in [-0.2, -0.15) is 0 Å². The average molecular weight is 467 g/mol. The maximum atomic E-state index is 6.36. The number of benzene rings is 2. The molecule has 160 valence electrons. The Hall–Kier alpha value is -3.08. The van der Waals surface area contributed by atoms with E-state index in [9.17, 15) is 0 Å². The van der Waals surface area contributed by atoms with Crippen LogP contribution in [-0.2, 0) is 0 Å². The van der Waals surface area contributed by atoms with Crippen LogP contribution >= 0.6 is 23.4 Å². The number of halogens is 1. The predicted octanol–water partition coefficient (Wildman–Crippen LogP) is 5.67. The number of allylic oxidation sites excluding steroid dienone is 3. The topological polar surface area (TPSA) is 38.9 Å². The van der Waals surface area contributed by atoms with Crippen LogP contribution in [0.4, 0.5) is 0 Å². The van der Waals surface area contributed by atoms with E-state index in [2.05, 4.69) is 76.7 Å². The molecule has 4 aromatic rings. The van der Waals surface area contributed by atoms with Gasteiger partial charge >= 0.3 is 0 Å². The highest BCUT2D eigenvalue weighted by atomic mass is 35.5. The van der Waals surface area contributed by atoms with Crippen LogP contribution in [0.1, 0.15) is 23.5 Å². The van der Waals surface area contributed by atoms with Gasteiger partial charge in [0.1, 0.15) is 23.0 Å². The molecule has 0 spiro atoms. The zero-order valence-electron chi connectivity index (χ0n) is 17.6. The number of alkyl halides is 1. The number of nitrogens with zero attached hydrogens (tertiary/aromatic N) is 2. The average Bonchev–Trinajstić information content (AvgIpc) is 3.42. The van der Waals surface area contributed by atoms with E-state index in [4.69, 9.17) is 16.0 Å². The van der Waals surface area contributed by atoms with E-state index in [1.54, 1.807) is 6.33 Å². The normalized spacial score (nSPS) is 22.7. The van der Waals surface area contributed by atoms with E-state index >= 15 is 0 Å². The molecule has 0 fully saturated rings. The second-order valence-corrected chi connectivity index (χ2v) is 10.3. The molecule has 0 radical (unpaired) electrons. The molecule has 3 atom stereocenters. The van der Waals surface area contributed by atoms with Gasteiger partial charge in [-0.15, -0.1) is 23.4 Å². The minimum Gasteiger partial charge on any atom is -0.452 e. The van der Waals surface area contributed by atoms with Crippen LogP contribution < -0.4 is 10.6 Å². The van der Waals surface area contributed by atoms with E-state index in [1.807, 2.05) is 23.9 Å². The summed E-state index contributed by atoms with van der Waals surface area (Å²) >= 11 is 8.32. The first-order chi connectivity index (χ1) is 16.3. The van der Waals surface area contributed by atoms with Crippen LogP contribution in [0.5, 0.6) is 0 Å². The molecular formula is C28H19ClN2OS. The first-order valence-electron chi connectivity index (χ1n) is 11.1. The van der Waals surface area contributed by atoms with Gasteiger partial charge in [-0.1, -0.05) is 60.7 Å². The molecule has 2 aromatic carbocycles. The zero-order valence-corrected chi connectivity index (χ0v) is 19.2. The summed E-state index contributed by atoms with van der Waals surface area (Å²) in [5.74, 6) is 0.295. The lowest BCUT2D eigenvalue weighted by Crippen LogP contribution is -2.26. The third kappa shape index (κ3) is 3.05. The Morgan fingerprint density at radius 2 is 2.00 bits per heavy atom. The van der Waals surface area contributed by atoms with Crippen LogP contribution in [0.25, 0.3) is 40.1 Å². The SMILES string of the molecule is ClC1C=c2c(oc3c(-c4cccc(C5C=CC=C6c7ccccc7SC65)c4)ncnc23)=CC1. The monoisotopic (exact) mass is 466 g/mol. The van der Waals surface area contributed by atoms with Gasteiger partial charge in [-0.25, -0.2) is 9.97 Å². The summed E-state index contributed by atoms with van der Waals surface area (Å²) in [6, 6.07) is 17.4. The Kier molecular flexibility index (Phi) is 4.39. The summed E-state index contributed by atoms with van der Waals surface area (Å²) in [7, 11) is 0. The Balaban J connectivity index is 1.33. The lowest BCUT2D eigenvalue weighted by atomic mass is 9.84. The van der Waals surface area contributed by atoms with Crippen molar-refractivity contribution >= 4 is 52.2 Å². The molecule has 7 rings (SSSR count). The molecule has 0 saturated heterocycles. The third-order valence-corrected chi connectivity index (χ3v) is 8.35. The number of thioether (sulfide) groups is 1. The summed E-state index contributed by atoms with van der Waals surface area (Å²) in [4.78, 5) is 10.5.